The van der Waals surface area contributed by atoms with Gasteiger partial charge in [0.2, 0.25) is 0 Å². The van der Waals surface area contributed by atoms with Gasteiger partial charge >= 0.3 is 12.0 Å². The number of rotatable bonds is 6. The zero-order valence-electron chi connectivity index (χ0n) is 8.55. The second-order valence-corrected chi connectivity index (χ2v) is 3.71. The minimum atomic E-state index is -0.877. The van der Waals surface area contributed by atoms with E-state index in [4.69, 9.17) is 16.7 Å². The van der Waals surface area contributed by atoms with E-state index in [1.807, 2.05) is 0 Å². The first kappa shape index (κ1) is 13.8. The molecule has 2 amide bonds. The summed E-state index contributed by atoms with van der Waals surface area (Å²) in [6.07, 6.45) is 0.425. The van der Waals surface area contributed by atoms with E-state index in [0.29, 0.717) is 11.5 Å². The van der Waals surface area contributed by atoms with E-state index in [0.717, 1.165) is 0 Å². The van der Waals surface area contributed by atoms with Gasteiger partial charge in [-0.15, -0.1) is 0 Å². The van der Waals surface area contributed by atoms with Crippen molar-refractivity contribution < 1.29 is 14.7 Å². The second kappa shape index (κ2) is 7.11. The third-order valence-electron chi connectivity index (χ3n) is 1.61. The Balaban J connectivity index is 3.66. The van der Waals surface area contributed by atoms with Crippen LogP contribution in [-0.4, -0.2) is 29.7 Å². The average molecular weight is 235 g/mol. The maximum atomic E-state index is 11.1. The van der Waals surface area contributed by atoms with Crippen LogP contribution < -0.4 is 10.6 Å². The highest BCUT2D eigenvalue weighted by atomic mass is 35.5. The Hall–Kier alpha value is -1.23. The molecule has 0 aromatic rings. The number of hydrogen-bond donors (Lipinski definition) is 3. The number of hydrogen-bond acceptors (Lipinski definition) is 2. The summed E-state index contributed by atoms with van der Waals surface area (Å²) in [7, 11) is 0. The van der Waals surface area contributed by atoms with Gasteiger partial charge < -0.3 is 15.7 Å². The van der Waals surface area contributed by atoms with Crippen molar-refractivity contribution in [2.24, 2.45) is 0 Å². The third kappa shape index (κ3) is 9.08. The highest BCUT2D eigenvalue weighted by Gasteiger charge is 2.08. The third-order valence-corrected chi connectivity index (χ3v) is 1.74. The first-order chi connectivity index (χ1) is 6.91. The molecule has 1 atom stereocenters. The van der Waals surface area contributed by atoms with Gasteiger partial charge in [-0.2, -0.15) is 0 Å². The highest BCUT2D eigenvalue weighted by Crippen LogP contribution is 1.96. The first-order valence-electron chi connectivity index (χ1n) is 4.51. The number of nitrogens with one attached hydrogen (secondary N) is 2. The van der Waals surface area contributed by atoms with E-state index in [2.05, 4.69) is 17.2 Å². The smallest absolute Gasteiger partial charge is 0.315 e. The largest absolute Gasteiger partial charge is 0.481 e. The maximum Gasteiger partial charge on any atom is 0.315 e. The van der Waals surface area contributed by atoms with Crippen LogP contribution in [-0.2, 0) is 4.79 Å². The van der Waals surface area contributed by atoms with Crippen LogP contribution >= 0.6 is 11.6 Å². The van der Waals surface area contributed by atoms with E-state index >= 15 is 0 Å². The van der Waals surface area contributed by atoms with E-state index in [-0.39, 0.29) is 25.0 Å². The Morgan fingerprint density at radius 2 is 2.13 bits per heavy atom. The lowest BCUT2D eigenvalue weighted by Crippen LogP contribution is -2.41. The minimum Gasteiger partial charge on any atom is -0.481 e. The Kier molecular flexibility index (Phi) is 6.53. The van der Waals surface area contributed by atoms with Gasteiger partial charge in [-0.05, 0) is 13.3 Å². The molecule has 0 saturated carbocycles. The molecule has 0 fully saturated rings. The molecule has 0 bridgehead atoms. The molecule has 1 unspecified atom stereocenters. The number of carboxylic acid groups (broad SMARTS) is 1. The van der Waals surface area contributed by atoms with Gasteiger partial charge in [-0.3, -0.25) is 4.79 Å². The van der Waals surface area contributed by atoms with E-state index in [9.17, 15) is 9.59 Å². The van der Waals surface area contributed by atoms with Crippen LogP contribution in [0.4, 0.5) is 4.79 Å². The number of carbonyl (C=O) groups excluding carboxylic acids is 1. The molecular formula is C9H15ClN2O3. The standard InChI is InChI=1S/C9H15ClN2O3/c1-6(10)5-11-9(15)12-7(2)3-4-8(13)14/h7H,1,3-5H2,2H3,(H,13,14)(H2,11,12,15). The van der Waals surface area contributed by atoms with Crippen molar-refractivity contribution in [3.63, 3.8) is 0 Å². The molecule has 0 aliphatic rings. The fourth-order valence-corrected chi connectivity index (χ4v) is 0.930. The number of urea groups is 1. The number of amides is 2. The van der Waals surface area contributed by atoms with Gasteiger partial charge in [-0.1, -0.05) is 18.2 Å². The summed E-state index contributed by atoms with van der Waals surface area (Å²) in [5.74, 6) is -0.877. The predicted molar refractivity (Wildman–Crippen MR) is 57.9 cm³/mol. The van der Waals surface area contributed by atoms with Crippen molar-refractivity contribution in [3.8, 4) is 0 Å². The Bertz CT molecular complexity index is 256. The lowest BCUT2D eigenvalue weighted by molar-refractivity contribution is -0.137. The van der Waals surface area contributed by atoms with Gasteiger partial charge in [0, 0.05) is 17.5 Å². The summed E-state index contributed by atoms with van der Waals surface area (Å²) >= 11 is 5.45. The van der Waals surface area contributed by atoms with Crippen molar-refractivity contribution in [2.45, 2.75) is 25.8 Å². The molecule has 6 heteroatoms. The monoisotopic (exact) mass is 234 g/mol. The summed E-state index contributed by atoms with van der Waals surface area (Å²) in [4.78, 5) is 21.4. The fourth-order valence-electron chi connectivity index (χ4n) is 0.863. The zero-order valence-corrected chi connectivity index (χ0v) is 9.30. The van der Waals surface area contributed by atoms with Crippen LogP contribution in [0.3, 0.4) is 0 Å². The van der Waals surface area contributed by atoms with Crippen LogP contribution in [0.15, 0.2) is 11.6 Å². The van der Waals surface area contributed by atoms with Crippen molar-refractivity contribution in [3.05, 3.63) is 11.6 Å². The highest BCUT2D eigenvalue weighted by molar-refractivity contribution is 6.29. The number of carboxylic acids is 1. The topological polar surface area (TPSA) is 78.4 Å². The van der Waals surface area contributed by atoms with E-state index in [1.54, 1.807) is 6.92 Å². The maximum absolute atomic E-state index is 11.1. The molecule has 86 valence electrons. The van der Waals surface area contributed by atoms with Gasteiger partial charge in [-0.25, -0.2) is 4.79 Å². The molecule has 0 aliphatic carbocycles. The van der Waals surface area contributed by atoms with Crippen LogP contribution in [0.1, 0.15) is 19.8 Å². The van der Waals surface area contributed by atoms with Gasteiger partial charge in [0.1, 0.15) is 0 Å². The van der Waals surface area contributed by atoms with Crippen LogP contribution in [0.5, 0.6) is 0 Å². The Labute approximate surface area is 93.5 Å². The lowest BCUT2D eigenvalue weighted by Gasteiger charge is -2.13. The molecule has 0 rings (SSSR count). The van der Waals surface area contributed by atoms with Crippen molar-refractivity contribution in [2.75, 3.05) is 6.54 Å². The fraction of sp³-hybridized carbons (Fsp3) is 0.556. The summed E-state index contributed by atoms with van der Waals surface area (Å²) < 4.78 is 0. The van der Waals surface area contributed by atoms with Gasteiger partial charge in [0.25, 0.3) is 0 Å². The quantitative estimate of drug-likeness (QED) is 0.648. The van der Waals surface area contributed by atoms with Gasteiger partial charge in [0.15, 0.2) is 0 Å². The Morgan fingerprint density at radius 1 is 1.53 bits per heavy atom. The molecule has 15 heavy (non-hydrogen) atoms. The van der Waals surface area contributed by atoms with Crippen molar-refractivity contribution in [1.82, 2.24) is 10.6 Å². The van der Waals surface area contributed by atoms with Gasteiger partial charge in [0.05, 0.1) is 6.54 Å². The molecular weight excluding hydrogens is 220 g/mol. The molecule has 0 aliphatic heterocycles. The van der Waals surface area contributed by atoms with Crippen LogP contribution in [0.25, 0.3) is 0 Å². The minimum absolute atomic E-state index is 0.0314. The molecule has 0 spiro atoms. The normalized spacial score (nSPS) is 11.6. The molecule has 0 radical (unpaired) electrons. The summed E-state index contributed by atoms with van der Waals surface area (Å²) in [5, 5.41) is 13.8. The molecule has 0 saturated heterocycles. The van der Waals surface area contributed by atoms with Crippen molar-refractivity contribution >= 4 is 23.6 Å². The number of halogens is 1. The molecule has 0 aromatic heterocycles. The Morgan fingerprint density at radius 3 is 2.60 bits per heavy atom. The lowest BCUT2D eigenvalue weighted by atomic mass is 10.2. The zero-order chi connectivity index (χ0) is 11.8. The first-order valence-corrected chi connectivity index (χ1v) is 4.89. The molecule has 0 heterocycles. The summed E-state index contributed by atoms with van der Waals surface area (Å²) in [6.45, 7) is 5.34. The second-order valence-electron chi connectivity index (χ2n) is 3.18. The van der Waals surface area contributed by atoms with E-state index < -0.39 is 5.97 Å². The predicted octanol–water partition coefficient (Wildman–Crippen LogP) is 1.29. The molecule has 0 aromatic carbocycles. The van der Waals surface area contributed by atoms with Crippen LogP contribution in [0, 0.1) is 0 Å². The average Bonchev–Trinajstić information content (AvgIpc) is 2.11. The SMILES string of the molecule is C=C(Cl)CNC(=O)NC(C)CCC(=O)O. The number of aliphatic carboxylic acids is 1. The van der Waals surface area contributed by atoms with Crippen LogP contribution in [0.2, 0.25) is 0 Å². The van der Waals surface area contributed by atoms with Crippen molar-refractivity contribution in [1.29, 1.82) is 0 Å². The number of carbonyl (C=O) groups is 2. The molecule has 3 N–H and O–H groups in total. The van der Waals surface area contributed by atoms with E-state index in [1.165, 1.54) is 0 Å². The molecule has 5 nitrogen and oxygen atoms in total. The summed E-state index contributed by atoms with van der Waals surface area (Å²) in [6, 6.07) is -0.570. The summed E-state index contributed by atoms with van der Waals surface area (Å²) in [5.41, 5.74) is 0.